The summed E-state index contributed by atoms with van der Waals surface area (Å²) in [6.45, 7) is 0. The maximum Gasteiger partial charge on any atom is 0.237 e. The van der Waals surface area contributed by atoms with Gasteiger partial charge in [0.25, 0.3) is 0 Å². The Bertz CT molecular complexity index is 8990. The number of para-hydroxylation sites is 17. The molecule has 0 aliphatic rings. The van der Waals surface area contributed by atoms with Crippen molar-refractivity contribution < 1.29 is 0 Å². The predicted molar refractivity (Wildman–Crippen MR) is 580 cm³/mol. The Morgan fingerprint density at radius 1 is 0.188 bits per heavy atom. The van der Waals surface area contributed by atoms with Crippen LogP contribution in [-0.2, 0) is 0 Å². The van der Waals surface area contributed by atoms with Gasteiger partial charge in [0.15, 0.2) is 23.3 Å². The van der Waals surface area contributed by atoms with Crippen LogP contribution < -0.4 is 14.7 Å². The lowest BCUT2D eigenvalue weighted by atomic mass is 10.1. The van der Waals surface area contributed by atoms with Crippen LogP contribution in [0.1, 0.15) is 0 Å². The minimum absolute atomic E-state index is 0.506. The van der Waals surface area contributed by atoms with Gasteiger partial charge < -0.3 is 9.80 Å². The third-order valence-electron chi connectivity index (χ3n) is 25.1. The van der Waals surface area contributed by atoms with E-state index in [1.54, 1.807) is 6.20 Å². The van der Waals surface area contributed by atoms with Crippen molar-refractivity contribution in [3.8, 4) is 75.3 Å². The van der Waals surface area contributed by atoms with Gasteiger partial charge in [0, 0.05) is 126 Å². The Hall–Kier alpha value is -20.2. The normalized spacial score (nSPS) is 11.2. The molecular weight excluding hydrogens is 1770 g/mol. The van der Waals surface area contributed by atoms with Gasteiger partial charge in [-0.2, -0.15) is 0 Å². The highest BCUT2D eigenvalue weighted by Crippen LogP contribution is 2.43. The fourth-order valence-corrected chi connectivity index (χ4v) is 18.3. The minimum Gasteiger partial charge on any atom is -0.311 e. The molecule has 144 heavy (non-hydrogen) atoms. The summed E-state index contributed by atoms with van der Waals surface area (Å²) in [5.74, 6) is 6.47. The van der Waals surface area contributed by atoms with E-state index in [1.165, 1.54) is 10.8 Å². The van der Waals surface area contributed by atoms with Crippen molar-refractivity contribution >= 4 is 139 Å². The van der Waals surface area contributed by atoms with Gasteiger partial charge >= 0.3 is 0 Å². The number of aromatic nitrogens is 18. The van der Waals surface area contributed by atoms with Crippen molar-refractivity contribution in [3.05, 3.63) is 516 Å². The highest BCUT2D eigenvalue weighted by molar-refractivity contribution is 6.09. The fourth-order valence-electron chi connectivity index (χ4n) is 18.3. The van der Waals surface area contributed by atoms with Gasteiger partial charge in [-0.25, -0.2) is 73.9 Å². The fraction of sp³-hybridized carbons (Fsp3) is 0. The molecule has 682 valence electrons. The first-order chi connectivity index (χ1) is 71.4. The van der Waals surface area contributed by atoms with Gasteiger partial charge in [-0.3, -0.25) is 18.6 Å². The smallest absolute Gasteiger partial charge is 0.237 e. The van der Waals surface area contributed by atoms with E-state index in [2.05, 4.69) is 265 Å². The van der Waals surface area contributed by atoms with Crippen molar-refractivity contribution in [1.82, 2.24) is 87.6 Å². The molecule has 0 atom stereocenters. The molecule has 0 spiro atoms. The van der Waals surface area contributed by atoms with Gasteiger partial charge in [0.1, 0.15) is 5.82 Å². The van der Waals surface area contributed by atoms with Crippen molar-refractivity contribution in [1.29, 1.82) is 0 Å². The standard InChI is InChI=1S/C36H26N6.C33H23N5.C27H17N5.C27H19N5/c1-5-13-27(14-6-1)33-38-34(28-15-7-2-8-16-28)40-35(39-33)36-37-25-26-41(36)29-21-23-32(24-22-29)42(30-17-9-3-10-18-30)31-19-11-4-12-20-31;1-3-12-26(13-4-1)37(27-14-5-2-6-15-27)28-21-19-24(20-22-28)32-35-30-17-9-10-18-31(30)38(32)33-34-23-25-11-7-8-16-29(25)36-33;1-4-12-21-18(9-1)17-28-26(29-21)32-25-16-8-5-13-22(25)30-27(32)31-23-14-6-2-10-19(23)20-11-3-7-15-24(20)31;1-3-12-21(13-4-1)31(22-14-5-2-6-15-22)27-30-24-17-9-10-18-25(24)32(27)26-28-19-20-11-7-8-16-23(20)29-26/h1-26H;1-23H;1-17H;1-19H. The van der Waals surface area contributed by atoms with Crippen molar-refractivity contribution in [3.63, 3.8) is 0 Å². The molecule has 27 aromatic rings. The van der Waals surface area contributed by atoms with Gasteiger partial charge in [0.2, 0.25) is 29.7 Å². The zero-order valence-corrected chi connectivity index (χ0v) is 77.5. The average Bonchev–Trinajstić information content (AvgIpc) is 1.56. The molecule has 0 radical (unpaired) electrons. The van der Waals surface area contributed by atoms with Crippen molar-refractivity contribution in [2.45, 2.75) is 0 Å². The first-order valence-corrected chi connectivity index (χ1v) is 47.3. The largest absolute Gasteiger partial charge is 0.311 e. The van der Waals surface area contributed by atoms with E-state index in [4.69, 9.17) is 59.8 Å². The summed E-state index contributed by atoms with van der Waals surface area (Å²) in [7, 11) is 0. The van der Waals surface area contributed by atoms with Gasteiger partial charge in [-0.05, 0) is 188 Å². The lowest BCUT2D eigenvalue weighted by Gasteiger charge is -2.25. The number of hydrogen-bond acceptors (Lipinski definition) is 16. The van der Waals surface area contributed by atoms with Crippen molar-refractivity contribution in [2.24, 2.45) is 0 Å². The summed E-state index contributed by atoms with van der Waals surface area (Å²) in [6, 6.07) is 164. The third-order valence-corrected chi connectivity index (χ3v) is 25.1. The summed E-state index contributed by atoms with van der Waals surface area (Å²) in [4.78, 5) is 69.8. The van der Waals surface area contributed by atoms with E-state index >= 15 is 0 Å². The molecule has 9 aromatic heterocycles. The number of benzene rings is 18. The number of anilines is 9. The summed E-state index contributed by atoms with van der Waals surface area (Å²) >= 11 is 0. The third kappa shape index (κ3) is 17.3. The van der Waals surface area contributed by atoms with Crippen LogP contribution in [0.25, 0.3) is 163 Å². The Kier molecular flexibility index (Phi) is 23.5. The summed E-state index contributed by atoms with van der Waals surface area (Å²) in [5.41, 5.74) is 22.8. The van der Waals surface area contributed by atoms with Crippen LogP contribution in [0.4, 0.5) is 51.4 Å². The van der Waals surface area contributed by atoms with Crippen LogP contribution in [0.15, 0.2) is 516 Å². The zero-order chi connectivity index (χ0) is 95.9. The van der Waals surface area contributed by atoms with Gasteiger partial charge in [-0.15, -0.1) is 0 Å². The molecule has 21 heteroatoms. The Labute approximate surface area is 827 Å². The lowest BCUT2D eigenvalue weighted by molar-refractivity contribution is 0.897. The molecule has 0 saturated carbocycles. The summed E-state index contributed by atoms with van der Waals surface area (Å²) in [6.07, 6.45) is 9.33. The van der Waals surface area contributed by atoms with Crippen LogP contribution in [0.2, 0.25) is 0 Å². The first-order valence-electron chi connectivity index (χ1n) is 47.3. The maximum atomic E-state index is 5.06. The number of rotatable bonds is 18. The van der Waals surface area contributed by atoms with Crippen LogP contribution in [0, 0.1) is 0 Å². The molecule has 0 bridgehead atoms. The highest BCUT2D eigenvalue weighted by atomic mass is 15.4. The molecule has 0 saturated heterocycles. The molecule has 0 unspecified atom stereocenters. The summed E-state index contributed by atoms with van der Waals surface area (Å²) in [5, 5.41) is 5.42. The Morgan fingerprint density at radius 2 is 0.500 bits per heavy atom. The van der Waals surface area contributed by atoms with E-state index in [-0.39, 0.29) is 0 Å². The van der Waals surface area contributed by atoms with Crippen LogP contribution >= 0.6 is 0 Å². The van der Waals surface area contributed by atoms with Gasteiger partial charge in [0.05, 0.1) is 60.7 Å². The second-order valence-corrected chi connectivity index (χ2v) is 34.0. The average molecular weight is 1860 g/mol. The van der Waals surface area contributed by atoms with Gasteiger partial charge in [-0.1, -0.05) is 297 Å². The second-order valence-electron chi connectivity index (χ2n) is 34.0. The van der Waals surface area contributed by atoms with E-state index in [0.717, 1.165) is 162 Å². The molecule has 9 heterocycles. The van der Waals surface area contributed by atoms with E-state index in [0.29, 0.717) is 41.1 Å². The number of fused-ring (bicyclic) bond motifs is 9. The van der Waals surface area contributed by atoms with Crippen LogP contribution in [-0.4, -0.2) is 87.6 Å². The first kappa shape index (κ1) is 86.6. The molecule has 0 amide bonds. The maximum absolute atomic E-state index is 5.06. The zero-order valence-electron chi connectivity index (χ0n) is 77.5. The molecular formula is C123H85N21. The Balaban J connectivity index is 0.000000104. The van der Waals surface area contributed by atoms with E-state index in [9.17, 15) is 0 Å². The number of imidazole rings is 4. The van der Waals surface area contributed by atoms with Crippen LogP contribution in [0.5, 0.6) is 0 Å². The second kappa shape index (κ2) is 39.1. The number of nitrogens with zero attached hydrogens (tertiary/aromatic N) is 21. The number of hydrogen-bond donors (Lipinski definition) is 0. The highest BCUT2D eigenvalue weighted by Gasteiger charge is 2.27. The molecule has 0 fully saturated rings. The Morgan fingerprint density at radius 3 is 0.931 bits per heavy atom. The molecule has 0 N–H and O–H groups in total. The predicted octanol–water partition coefficient (Wildman–Crippen LogP) is 29.1. The molecule has 0 aliphatic carbocycles. The molecule has 18 aromatic carbocycles. The molecule has 21 nitrogen and oxygen atoms in total. The molecule has 0 aliphatic heterocycles. The quantitative estimate of drug-likeness (QED) is 0.0784. The topological polar surface area (TPSA) is 202 Å². The van der Waals surface area contributed by atoms with Crippen LogP contribution in [0.3, 0.4) is 0 Å². The van der Waals surface area contributed by atoms with Crippen molar-refractivity contribution in [2.75, 3.05) is 14.7 Å². The molecule has 27 rings (SSSR count). The summed E-state index contributed by atoms with van der Waals surface area (Å²) < 4.78 is 10.4. The van der Waals surface area contributed by atoms with E-state index < -0.39 is 0 Å². The van der Waals surface area contributed by atoms with E-state index in [1.807, 2.05) is 287 Å². The SMILES string of the molecule is c1ccc(-c2nc(-c3ccccc3)nc(-c3nccn3-c3ccc(N(c4ccccc4)c4ccccc4)cc3)n2)cc1.c1ccc(N(c2ccccc2)c2ccc(-c3nc4ccccc4n3-c3ncc4ccccc4n3)cc2)cc1.c1ccc(N(c2ccccc2)c2nc3ccccc3n2-c2ncc3ccccc3n2)cc1.c1ccc2nc(-n3c(-n4c5ccccc5c5ccccc54)nc4ccccc43)ncc2c1. The minimum atomic E-state index is 0.506. The monoisotopic (exact) mass is 1860 g/mol. The lowest BCUT2D eigenvalue weighted by Crippen LogP contribution is -2.16.